The molecule has 1 saturated carbocycles. The number of hydrogen-bond acceptors (Lipinski definition) is 4. The van der Waals surface area contributed by atoms with Crippen LogP contribution < -0.4 is 5.73 Å². The third-order valence-corrected chi connectivity index (χ3v) is 5.76. The fraction of sp³-hybridized carbons (Fsp3) is 0.667. The lowest BCUT2D eigenvalue weighted by Gasteiger charge is -2.37. The van der Waals surface area contributed by atoms with Crippen molar-refractivity contribution >= 4 is 5.91 Å². The molecule has 2 heterocycles. The highest BCUT2D eigenvalue weighted by Crippen LogP contribution is 2.48. The third-order valence-electron chi connectivity index (χ3n) is 5.76. The molecule has 23 heavy (non-hydrogen) atoms. The highest BCUT2D eigenvalue weighted by molar-refractivity contribution is 5.94. The Bertz CT molecular complexity index is 591. The minimum Gasteiger partial charge on any atom is -0.392 e. The quantitative estimate of drug-likeness (QED) is 0.873. The van der Waals surface area contributed by atoms with Crippen molar-refractivity contribution in [2.24, 2.45) is 11.1 Å². The fourth-order valence-corrected chi connectivity index (χ4v) is 4.47. The lowest BCUT2D eigenvalue weighted by atomic mass is 9.75. The monoisotopic (exact) mass is 317 g/mol. The number of aliphatic hydroxyl groups is 1. The van der Waals surface area contributed by atoms with Crippen molar-refractivity contribution in [3.8, 4) is 0 Å². The Morgan fingerprint density at radius 2 is 2.17 bits per heavy atom. The predicted molar refractivity (Wildman–Crippen MR) is 89.0 cm³/mol. The number of carbonyl (C=O) groups excluding carboxylic acids is 1. The predicted octanol–water partition coefficient (Wildman–Crippen LogP) is 1.87. The zero-order valence-corrected chi connectivity index (χ0v) is 14.0. The molecule has 1 saturated heterocycles. The molecular formula is C18H27N3O2. The molecule has 1 aromatic rings. The van der Waals surface area contributed by atoms with Crippen LogP contribution in [-0.4, -0.2) is 45.6 Å². The van der Waals surface area contributed by atoms with E-state index < -0.39 is 0 Å². The number of nitrogens with zero attached hydrogens (tertiary/aromatic N) is 2. The first-order chi connectivity index (χ1) is 11.0. The number of amides is 1. The van der Waals surface area contributed by atoms with Gasteiger partial charge < -0.3 is 15.7 Å². The van der Waals surface area contributed by atoms with E-state index in [4.69, 9.17) is 5.73 Å². The summed E-state index contributed by atoms with van der Waals surface area (Å²) in [4.78, 5) is 19.2. The molecular weight excluding hydrogens is 290 g/mol. The van der Waals surface area contributed by atoms with Gasteiger partial charge in [-0.2, -0.15) is 0 Å². The number of carbonyl (C=O) groups is 1. The molecule has 0 radical (unpaired) electrons. The molecule has 3 rings (SSSR count). The number of hydrogen-bond donors (Lipinski definition) is 2. The molecule has 0 spiro atoms. The van der Waals surface area contributed by atoms with Crippen molar-refractivity contribution in [3.05, 3.63) is 29.6 Å². The van der Waals surface area contributed by atoms with Gasteiger partial charge in [-0.05, 0) is 37.8 Å². The Kier molecular flexibility index (Phi) is 4.43. The van der Waals surface area contributed by atoms with Crippen molar-refractivity contribution < 1.29 is 9.90 Å². The van der Waals surface area contributed by atoms with Gasteiger partial charge in [0, 0.05) is 36.4 Å². The van der Waals surface area contributed by atoms with E-state index in [1.807, 2.05) is 17.9 Å². The molecule has 0 unspecified atom stereocenters. The van der Waals surface area contributed by atoms with E-state index in [0.29, 0.717) is 12.1 Å². The number of aliphatic hydroxyl groups excluding tert-OH is 1. The maximum atomic E-state index is 13.1. The zero-order chi connectivity index (χ0) is 16.6. The second kappa shape index (κ2) is 6.21. The largest absolute Gasteiger partial charge is 0.392 e. The van der Waals surface area contributed by atoms with Gasteiger partial charge in [0.15, 0.2) is 0 Å². The van der Waals surface area contributed by atoms with Crippen LogP contribution in [0.3, 0.4) is 0 Å². The van der Waals surface area contributed by atoms with E-state index in [0.717, 1.165) is 37.7 Å². The van der Waals surface area contributed by atoms with Crippen molar-refractivity contribution in [1.29, 1.82) is 0 Å². The first-order valence-electron chi connectivity index (χ1n) is 8.60. The standard InChI is InChI=1S/C18H27N3O2/c1-12-7-13(11-20-10-12)17(23)21-14(9-19)8-18(2)15(21)5-3-4-6-16(18)22/h7,10-11,14-16,22H,3-6,8-9,19H2,1-2H3/t14-,15-,16-,18-/m1/s1. The molecule has 1 amide bonds. The van der Waals surface area contributed by atoms with Gasteiger partial charge in [0.25, 0.3) is 5.91 Å². The minimum atomic E-state index is -0.363. The number of rotatable bonds is 2. The van der Waals surface area contributed by atoms with E-state index in [1.165, 1.54) is 0 Å². The zero-order valence-electron chi connectivity index (χ0n) is 14.0. The molecule has 0 aromatic carbocycles. The van der Waals surface area contributed by atoms with Crippen LogP contribution in [0.5, 0.6) is 0 Å². The minimum absolute atomic E-state index is 0.000486. The summed E-state index contributed by atoms with van der Waals surface area (Å²) in [5, 5.41) is 10.7. The molecule has 0 bridgehead atoms. The molecule has 5 heteroatoms. The van der Waals surface area contributed by atoms with Gasteiger partial charge in [-0.25, -0.2) is 0 Å². The van der Waals surface area contributed by atoms with Gasteiger partial charge in [0.1, 0.15) is 0 Å². The Labute approximate surface area is 137 Å². The van der Waals surface area contributed by atoms with Crippen LogP contribution in [0.1, 0.15) is 54.9 Å². The van der Waals surface area contributed by atoms with E-state index in [1.54, 1.807) is 12.4 Å². The number of likely N-dealkylation sites (tertiary alicyclic amines) is 1. The second-order valence-corrected chi connectivity index (χ2v) is 7.38. The number of pyridine rings is 1. The summed E-state index contributed by atoms with van der Waals surface area (Å²) >= 11 is 0. The fourth-order valence-electron chi connectivity index (χ4n) is 4.47. The van der Waals surface area contributed by atoms with Gasteiger partial charge in [0.2, 0.25) is 0 Å². The average Bonchev–Trinajstić information content (AvgIpc) is 2.76. The Morgan fingerprint density at radius 1 is 1.43 bits per heavy atom. The van der Waals surface area contributed by atoms with E-state index in [9.17, 15) is 9.90 Å². The summed E-state index contributed by atoms with van der Waals surface area (Å²) in [5.41, 5.74) is 7.31. The van der Waals surface area contributed by atoms with Crippen LogP contribution in [0.15, 0.2) is 18.5 Å². The van der Waals surface area contributed by atoms with Gasteiger partial charge in [-0.3, -0.25) is 9.78 Å². The lowest BCUT2D eigenvalue weighted by molar-refractivity contribution is 0.0121. The average molecular weight is 317 g/mol. The summed E-state index contributed by atoms with van der Waals surface area (Å²) < 4.78 is 0. The van der Waals surface area contributed by atoms with E-state index >= 15 is 0 Å². The number of aromatic nitrogens is 1. The maximum Gasteiger partial charge on any atom is 0.255 e. The highest BCUT2D eigenvalue weighted by atomic mass is 16.3. The first kappa shape index (κ1) is 16.4. The number of fused-ring (bicyclic) bond motifs is 1. The summed E-state index contributed by atoms with van der Waals surface area (Å²) in [5.74, 6) is -0.000486. The topological polar surface area (TPSA) is 79.5 Å². The Hall–Kier alpha value is -1.46. The maximum absolute atomic E-state index is 13.1. The van der Waals surface area contributed by atoms with Gasteiger partial charge in [-0.15, -0.1) is 0 Å². The molecule has 2 fully saturated rings. The highest BCUT2D eigenvalue weighted by Gasteiger charge is 2.54. The summed E-state index contributed by atoms with van der Waals surface area (Å²) in [6, 6.07) is 1.93. The molecule has 1 aliphatic heterocycles. The molecule has 3 N–H and O–H groups in total. The van der Waals surface area contributed by atoms with Crippen LogP contribution in [0.2, 0.25) is 0 Å². The molecule has 1 aliphatic carbocycles. The van der Waals surface area contributed by atoms with Crippen molar-refractivity contribution in [1.82, 2.24) is 9.88 Å². The van der Waals surface area contributed by atoms with Gasteiger partial charge in [-0.1, -0.05) is 19.8 Å². The first-order valence-corrected chi connectivity index (χ1v) is 8.60. The van der Waals surface area contributed by atoms with Crippen LogP contribution >= 0.6 is 0 Å². The molecule has 4 atom stereocenters. The van der Waals surface area contributed by atoms with Crippen molar-refractivity contribution in [2.75, 3.05) is 6.54 Å². The van der Waals surface area contributed by atoms with Crippen molar-refractivity contribution in [2.45, 2.75) is 64.1 Å². The number of aryl methyl sites for hydroxylation is 1. The third kappa shape index (κ3) is 2.76. The van der Waals surface area contributed by atoms with Crippen LogP contribution in [0, 0.1) is 12.3 Å². The van der Waals surface area contributed by atoms with E-state index in [-0.39, 0.29) is 29.5 Å². The van der Waals surface area contributed by atoms with E-state index in [2.05, 4.69) is 11.9 Å². The van der Waals surface area contributed by atoms with Crippen LogP contribution in [-0.2, 0) is 0 Å². The van der Waals surface area contributed by atoms with Crippen LogP contribution in [0.4, 0.5) is 0 Å². The lowest BCUT2D eigenvalue weighted by Crippen LogP contribution is -2.48. The van der Waals surface area contributed by atoms with Gasteiger partial charge in [0.05, 0.1) is 11.7 Å². The van der Waals surface area contributed by atoms with Gasteiger partial charge >= 0.3 is 0 Å². The van der Waals surface area contributed by atoms with Crippen LogP contribution in [0.25, 0.3) is 0 Å². The smallest absolute Gasteiger partial charge is 0.255 e. The molecule has 126 valence electrons. The number of nitrogens with two attached hydrogens (primary N) is 1. The Morgan fingerprint density at radius 3 is 2.87 bits per heavy atom. The summed E-state index contributed by atoms with van der Waals surface area (Å²) in [7, 11) is 0. The molecule has 5 nitrogen and oxygen atoms in total. The van der Waals surface area contributed by atoms with Crippen molar-refractivity contribution in [3.63, 3.8) is 0 Å². The second-order valence-electron chi connectivity index (χ2n) is 7.38. The molecule has 1 aromatic heterocycles. The summed E-state index contributed by atoms with van der Waals surface area (Å²) in [6.07, 6.45) is 7.62. The normalized spacial score (nSPS) is 34.1. The molecule has 2 aliphatic rings. The summed E-state index contributed by atoms with van der Waals surface area (Å²) in [6.45, 7) is 4.50. The SMILES string of the molecule is Cc1cncc(C(=O)N2[C@@H](CN)C[C@@]3(C)[C@H](O)CCCC[C@@H]23)c1. The Balaban J connectivity index is 1.97.